The number of carbonyl (C=O) groups is 1. The molecule has 3 N–H and O–H groups in total. The molecular weight excluding hydrogens is 294 g/mol. The molecule has 108 valence electrons. The van der Waals surface area contributed by atoms with Crippen LogP contribution in [-0.4, -0.2) is 19.5 Å². The van der Waals surface area contributed by atoms with E-state index in [9.17, 15) is 13.2 Å². The van der Waals surface area contributed by atoms with Gasteiger partial charge in [-0.15, -0.1) is 0 Å². The number of nitrogen functional groups attached to an aromatic ring is 1. The predicted octanol–water partition coefficient (Wildman–Crippen LogP) is 2.05. The van der Waals surface area contributed by atoms with Crippen molar-refractivity contribution in [2.75, 3.05) is 5.73 Å². The Morgan fingerprint density at radius 2 is 2.00 bits per heavy atom. The molecule has 1 heterocycles. The third-order valence-corrected chi connectivity index (χ3v) is 4.89. The van der Waals surface area contributed by atoms with Crippen molar-refractivity contribution in [1.29, 1.82) is 0 Å². The normalized spacial score (nSPS) is 15.2. The van der Waals surface area contributed by atoms with E-state index >= 15 is 0 Å². The van der Waals surface area contributed by atoms with Crippen LogP contribution in [0.3, 0.4) is 0 Å². The minimum atomic E-state index is -3.71. The summed E-state index contributed by atoms with van der Waals surface area (Å²) in [6.45, 7) is 0. The van der Waals surface area contributed by atoms with Crippen LogP contribution in [0.5, 0.6) is 11.5 Å². The largest absolute Gasteiger partial charge is 0.478 e. The highest BCUT2D eigenvalue weighted by Crippen LogP contribution is 2.40. The van der Waals surface area contributed by atoms with E-state index in [1.54, 1.807) is 18.2 Å². The summed E-state index contributed by atoms with van der Waals surface area (Å²) < 4.78 is 30.5. The number of anilines is 1. The van der Waals surface area contributed by atoms with Crippen LogP contribution in [-0.2, 0) is 15.6 Å². The number of benzene rings is 2. The molecule has 0 bridgehead atoms. The minimum Gasteiger partial charge on any atom is -0.478 e. The Balaban J connectivity index is 2.26. The van der Waals surface area contributed by atoms with Crippen LogP contribution in [0.1, 0.15) is 15.9 Å². The maximum Gasteiger partial charge on any atom is 0.335 e. The second-order valence-electron chi connectivity index (χ2n) is 4.66. The molecule has 0 atom stereocenters. The summed E-state index contributed by atoms with van der Waals surface area (Å²) >= 11 is 0. The Bertz CT molecular complexity index is 858. The lowest BCUT2D eigenvalue weighted by atomic mass is 10.2. The highest BCUT2D eigenvalue weighted by atomic mass is 32.2. The molecule has 0 saturated carbocycles. The van der Waals surface area contributed by atoms with Crippen molar-refractivity contribution in [3.05, 3.63) is 47.5 Å². The Hall–Kier alpha value is -2.54. The lowest BCUT2D eigenvalue weighted by Gasteiger charge is -2.10. The van der Waals surface area contributed by atoms with E-state index < -0.39 is 15.8 Å². The molecule has 3 rings (SSSR count). The Labute approximate surface area is 120 Å². The molecule has 0 spiro atoms. The molecule has 0 saturated heterocycles. The van der Waals surface area contributed by atoms with E-state index in [-0.39, 0.29) is 22.0 Å². The van der Waals surface area contributed by atoms with Gasteiger partial charge in [0.25, 0.3) is 0 Å². The molecule has 21 heavy (non-hydrogen) atoms. The van der Waals surface area contributed by atoms with Crippen LogP contribution in [0.4, 0.5) is 5.69 Å². The van der Waals surface area contributed by atoms with Gasteiger partial charge in [-0.1, -0.05) is 12.1 Å². The van der Waals surface area contributed by atoms with E-state index in [1.807, 2.05) is 0 Å². The Morgan fingerprint density at radius 1 is 1.24 bits per heavy atom. The fraction of sp³-hybridized carbons (Fsp3) is 0.0714. The number of rotatable bonds is 1. The summed E-state index contributed by atoms with van der Waals surface area (Å²) in [5.41, 5.74) is 6.49. The number of nitrogens with two attached hydrogens (primary N) is 1. The highest BCUT2D eigenvalue weighted by molar-refractivity contribution is 7.90. The number of para-hydroxylation sites is 1. The summed E-state index contributed by atoms with van der Waals surface area (Å²) in [4.78, 5) is 10.9. The number of hydrogen-bond donors (Lipinski definition) is 2. The molecule has 0 aromatic heterocycles. The Morgan fingerprint density at radius 3 is 2.71 bits per heavy atom. The van der Waals surface area contributed by atoms with Crippen LogP contribution in [0.15, 0.2) is 41.3 Å². The molecule has 2 aromatic rings. The molecule has 7 heteroatoms. The number of carboxylic acids is 1. The van der Waals surface area contributed by atoms with Crippen molar-refractivity contribution in [1.82, 2.24) is 0 Å². The quantitative estimate of drug-likeness (QED) is 0.781. The molecule has 0 aliphatic carbocycles. The van der Waals surface area contributed by atoms with E-state index in [0.29, 0.717) is 17.0 Å². The van der Waals surface area contributed by atoms with Crippen LogP contribution in [0.25, 0.3) is 0 Å². The second-order valence-corrected chi connectivity index (χ2v) is 6.62. The van der Waals surface area contributed by atoms with Crippen molar-refractivity contribution < 1.29 is 23.1 Å². The number of ether oxygens (including phenoxy) is 1. The zero-order chi connectivity index (χ0) is 15.2. The zero-order valence-electron chi connectivity index (χ0n) is 10.7. The first-order valence-corrected chi connectivity index (χ1v) is 7.69. The average Bonchev–Trinajstić information content (AvgIpc) is 2.53. The maximum absolute atomic E-state index is 12.4. The molecule has 6 nitrogen and oxygen atoms in total. The molecule has 0 radical (unpaired) electrons. The van der Waals surface area contributed by atoms with Crippen LogP contribution in [0, 0.1) is 0 Å². The molecule has 0 unspecified atom stereocenters. The molecule has 0 amide bonds. The zero-order valence-corrected chi connectivity index (χ0v) is 11.6. The number of carboxylic acid groups (broad SMARTS) is 1. The van der Waals surface area contributed by atoms with Crippen molar-refractivity contribution in [3.63, 3.8) is 0 Å². The van der Waals surface area contributed by atoms with Gasteiger partial charge < -0.3 is 15.6 Å². The summed E-state index contributed by atoms with van der Waals surface area (Å²) in [7, 11) is -3.71. The fourth-order valence-electron chi connectivity index (χ4n) is 2.20. The number of hydrogen-bond acceptors (Lipinski definition) is 5. The monoisotopic (exact) mass is 305 g/mol. The number of sulfone groups is 1. The lowest BCUT2D eigenvalue weighted by molar-refractivity contribution is 0.0696. The van der Waals surface area contributed by atoms with E-state index in [4.69, 9.17) is 15.6 Å². The van der Waals surface area contributed by atoms with Gasteiger partial charge >= 0.3 is 5.97 Å². The van der Waals surface area contributed by atoms with Crippen molar-refractivity contribution >= 4 is 21.5 Å². The van der Waals surface area contributed by atoms with Gasteiger partial charge in [0.1, 0.15) is 10.6 Å². The topological polar surface area (TPSA) is 107 Å². The van der Waals surface area contributed by atoms with Gasteiger partial charge in [0.2, 0.25) is 0 Å². The first-order chi connectivity index (χ1) is 9.88. The second kappa shape index (κ2) is 4.49. The van der Waals surface area contributed by atoms with Crippen LogP contribution >= 0.6 is 0 Å². The van der Waals surface area contributed by atoms with Gasteiger partial charge in [-0.05, 0) is 24.3 Å². The molecular formula is C14H11NO5S. The lowest BCUT2D eigenvalue weighted by Crippen LogP contribution is -2.05. The SMILES string of the molecule is Nc1cccc2c1Oc1ccc(C(=O)O)cc1S(=O)(=O)C2. The van der Waals surface area contributed by atoms with Gasteiger partial charge in [0, 0.05) is 5.56 Å². The molecule has 2 aromatic carbocycles. The predicted molar refractivity (Wildman–Crippen MR) is 75.2 cm³/mol. The van der Waals surface area contributed by atoms with Crippen molar-refractivity contribution in [2.24, 2.45) is 0 Å². The number of fused-ring (bicyclic) bond motifs is 2. The Kier molecular flexibility index (Phi) is 2.87. The minimum absolute atomic E-state index is 0.0802. The van der Waals surface area contributed by atoms with Crippen LogP contribution in [0.2, 0.25) is 0 Å². The fourth-order valence-corrected chi connectivity index (χ4v) is 3.72. The van der Waals surface area contributed by atoms with Gasteiger partial charge in [0.15, 0.2) is 15.6 Å². The van der Waals surface area contributed by atoms with Crippen molar-refractivity contribution in [3.8, 4) is 11.5 Å². The third kappa shape index (κ3) is 2.21. The summed E-state index contributed by atoms with van der Waals surface area (Å²) in [5, 5.41) is 8.99. The summed E-state index contributed by atoms with van der Waals surface area (Å²) in [6, 6.07) is 8.61. The molecule has 1 aliphatic heterocycles. The first-order valence-electron chi connectivity index (χ1n) is 6.04. The van der Waals surface area contributed by atoms with Gasteiger partial charge in [0.05, 0.1) is 17.0 Å². The van der Waals surface area contributed by atoms with Crippen molar-refractivity contribution in [2.45, 2.75) is 10.6 Å². The molecule has 0 fully saturated rings. The smallest absolute Gasteiger partial charge is 0.335 e. The van der Waals surface area contributed by atoms with Gasteiger partial charge in [-0.2, -0.15) is 0 Å². The highest BCUT2D eigenvalue weighted by Gasteiger charge is 2.28. The van der Waals surface area contributed by atoms with E-state index in [0.717, 1.165) is 6.07 Å². The first kappa shape index (κ1) is 13.4. The molecule has 1 aliphatic rings. The average molecular weight is 305 g/mol. The summed E-state index contributed by atoms with van der Waals surface area (Å²) in [6.07, 6.45) is 0. The third-order valence-electron chi connectivity index (χ3n) is 3.21. The van der Waals surface area contributed by atoms with E-state index in [1.165, 1.54) is 12.1 Å². The van der Waals surface area contributed by atoms with Crippen LogP contribution < -0.4 is 10.5 Å². The van der Waals surface area contributed by atoms with Gasteiger partial charge in [-0.25, -0.2) is 13.2 Å². The van der Waals surface area contributed by atoms with Gasteiger partial charge in [-0.3, -0.25) is 0 Å². The van der Waals surface area contributed by atoms with E-state index in [2.05, 4.69) is 0 Å². The summed E-state index contributed by atoms with van der Waals surface area (Å²) in [5.74, 6) is -1.11. The number of aromatic carboxylic acids is 1. The standard InChI is InChI=1S/C14H11NO5S/c15-10-3-1-2-9-7-21(18,19)12-6-8(14(16)17)4-5-11(12)20-13(9)10/h1-6H,7,15H2,(H,16,17). The maximum atomic E-state index is 12.4.